The zero-order valence-electron chi connectivity index (χ0n) is 12.3. The van der Waals surface area contributed by atoms with Crippen LogP contribution >= 0.6 is 0 Å². The minimum Gasteiger partial charge on any atom is -0.496 e. The van der Waals surface area contributed by atoms with Crippen LogP contribution in [0.4, 0.5) is 0 Å². The molecule has 96 valence electrons. The van der Waals surface area contributed by atoms with E-state index in [4.69, 9.17) is 4.74 Å². The van der Waals surface area contributed by atoms with Crippen LogP contribution in [0.1, 0.15) is 76.0 Å². The fraction of sp³-hybridized carbons (Fsp3) is 0.625. The van der Waals surface area contributed by atoms with Gasteiger partial charge in [0.1, 0.15) is 5.75 Å². The van der Waals surface area contributed by atoms with Crippen molar-refractivity contribution in [2.45, 2.75) is 59.3 Å². The van der Waals surface area contributed by atoms with Gasteiger partial charge in [-0.2, -0.15) is 0 Å². The Labute approximate surface area is 106 Å². The van der Waals surface area contributed by atoms with Crippen LogP contribution in [0.3, 0.4) is 0 Å². The fourth-order valence-corrected chi connectivity index (χ4v) is 2.13. The van der Waals surface area contributed by atoms with E-state index in [-0.39, 0.29) is 0 Å². The summed E-state index contributed by atoms with van der Waals surface area (Å²) in [7, 11) is 1.78. The molecule has 17 heavy (non-hydrogen) atoms. The van der Waals surface area contributed by atoms with E-state index in [2.05, 4.69) is 53.7 Å². The number of methoxy groups -OCH3 is 1. The molecule has 0 aliphatic heterocycles. The Morgan fingerprint density at radius 3 is 1.41 bits per heavy atom. The predicted octanol–water partition coefficient (Wildman–Crippen LogP) is 5.07. The molecule has 0 N–H and O–H groups in total. The lowest BCUT2D eigenvalue weighted by atomic mass is 9.88. The van der Waals surface area contributed by atoms with Crippen LogP contribution in [-0.2, 0) is 0 Å². The molecule has 0 amide bonds. The van der Waals surface area contributed by atoms with Crippen LogP contribution < -0.4 is 4.74 Å². The first-order valence-corrected chi connectivity index (χ1v) is 6.60. The van der Waals surface area contributed by atoms with Gasteiger partial charge in [-0.1, -0.05) is 53.7 Å². The summed E-state index contributed by atoms with van der Waals surface area (Å²) < 4.78 is 5.63. The molecular formula is C16H26O. The quantitative estimate of drug-likeness (QED) is 0.707. The highest BCUT2D eigenvalue weighted by Crippen LogP contribution is 2.37. The Kier molecular flexibility index (Phi) is 4.62. The van der Waals surface area contributed by atoms with E-state index >= 15 is 0 Å². The van der Waals surface area contributed by atoms with Gasteiger partial charge in [-0.25, -0.2) is 0 Å². The lowest BCUT2D eigenvalue weighted by Crippen LogP contribution is -2.03. The third kappa shape index (κ3) is 3.02. The Balaban J connectivity index is 3.46. The molecule has 0 aliphatic rings. The molecule has 0 saturated carbocycles. The summed E-state index contributed by atoms with van der Waals surface area (Å²) in [5.41, 5.74) is 4.09. The van der Waals surface area contributed by atoms with Gasteiger partial charge in [-0.3, -0.25) is 0 Å². The maximum absolute atomic E-state index is 5.63. The van der Waals surface area contributed by atoms with Crippen molar-refractivity contribution in [3.8, 4) is 5.75 Å². The van der Waals surface area contributed by atoms with Gasteiger partial charge in [0.15, 0.2) is 0 Å². The van der Waals surface area contributed by atoms with E-state index in [0.29, 0.717) is 17.8 Å². The largest absolute Gasteiger partial charge is 0.496 e. The molecule has 0 fully saturated rings. The number of hydrogen-bond acceptors (Lipinski definition) is 1. The summed E-state index contributed by atoms with van der Waals surface area (Å²) in [6, 6.07) is 4.61. The predicted molar refractivity (Wildman–Crippen MR) is 75.3 cm³/mol. The van der Waals surface area contributed by atoms with E-state index in [9.17, 15) is 0 Å². The van der Waals surface area contributed by atoms with Crippen molar-refractivity contribution in [1.82, 2.24) is 0 Å². The van der Waals surface area contributed by atoms with Crippen molar-refractivity contribution < 1.29 is 4.74 Å². The molecule has 1 aromatic rings. The normalized spacial score (nSPS) is 11.6. The molecule has 0 aromatic heterocycles. The maximum Gasteiger partial charge on any atom is 0.125 e. The van der Waals surface area contributed by atoms with E-state index in [0.717, 1.165) is 5.75 Å². The van der Waals surface area contributed by atoms with Crippen molar-refractivity contribution in [3.63, 3.8) is 0 Å². The molecule has 0 unspecified atom stereocenters. The average Bonchev–Trinajstić information content (AvgIpc) is 2.26. The summed E-state index contributed by atoms with van der Waals surface area (Å²) in [6.07, 6.45) is 0. The van der Waals surface area contributed by atoms with Crippen molar-refractivity contribution in [2.75, 3.05) is 7.11 Å². The fourth-order valence-electron chi connectivity index (χ4n) is 2.13. The minimum atomic E-state index is 0.501. The van der Waals surface area contributed by atoms with Crippen molar-refractivity contribution >= 4 is 0 Å². The molecule has 0 radical (unpaired) electrons. The van der Waals surface area contributed by atoms with Crippen molar-refractivity contribution in [3.05, 3.63) is 28.8 Å². The third-order valence-electron chi connectivity index (χ3n) is 3.28. The first-order valence-electron chi connectivity index (χ1n) is 6.60. The molecule has 1 nitrogen and oxygen atoms in total. The molecule has 0 spiro atoms. The molecule has 0 saturated heterocycles. The van der Waals surface area contributed by atoms with E-state index in [1.54, 1.807) is 7.11 Å². The second kappa shape index (κ2) is 5.57. The van der Waals surface area contributed by atoms with Crippen molar-refractivity contribution in [1.29, 1.82) is 0 Å². The average molecular weight is 234 g/mol. The van der Waals surface area contributed by atoms with E-state index < -0.39 is 0 Å². The summed E-state index contributed by atoms with van der Waals surface area (Å²) in [4.78, 5) is 0. The van der Waals surface area contributed by atoms with E-state index in [1.807, 2.05) is 0 Å². The van der Waals surface area contributed by atoms with Crippen LogP contribution in [-0.4, -0.2) is 7.11 Å². The molecular weight excluding hydrogens is 208 g/mol. The molecule has 1 rings (SSSR count). The monoisotopic (exact) mass is 234 g/mol. The highest BCUT2D eigenvalue weighted by molar-refractivity contribution is 5.48. The summed E-state index contributed by atoms with van der Waals surface area (Å²) in [6.45, 7) is 13.4. The Morgan fingerprint density at radius 2 is 1.18 bits per heavy atom. The van der Waals surface area contributed by atoms with Crippen LogP contribution in [0.2, 0.25) is 0 Å². The molecule has 1 aromatic carbocycles. The van der Waals surface area contributed by atoms with Crippen LogP contribution in [0.25, 0.3) is 0 Å². The zero-order chi connectivity index (χ0) is 13.2. The molecule has 1 heteroatoms. The number of rotatable bonds is 4. The van der Waals surface area contributed by atoms with Gasteiger partial charge in [-0.15, -0.1) is 0 Å². The van der Waals surface area contributed by atoms with Gasteiger partial charge in [0.05, 0.1) is 7.11 Å². The zero-order valence-corrected chi connectivity index (χ0v) is 12.3. The minimum absolute atomic E-state index is 0.501. The highest BCUT2D eigenvalue weighted by Gasteiger charge is 2.17. The van der Waals surface area contributed by atoms with Gasteiger partial charge in [0, 0.05) is 0 Å². The van der Waals surface area contributed by atoms with Crippen molar-refractivity contribution in [2.24, 2.45) is 0 Å². The highest BCUT2D eigenvalue weighted by atomic mass is 16.5. The lowest BCUT2D eigenvalue weighted by Gasteiger charge is -2.21. The third-order valence-corrected chi connectivity index (χ3v) is 3.28. The summed E-state index contributed by atoms with van der Waals surface area (Å²) >= 11 is 0. The molecule has 0 atom stereocenters. The molecule has 0 heterocycles. The number of ether oxygens (including phenoxy) is 1. The van der Waals surface area contributed by atoms with Gasteiger partial charge in [0.2, 0.25) is 0 Å². The number of hydrogen-bond donors (Lipinski definition) is 0. The topological polar surface area (TPSA) is 9.23 Å². The van der Waals surface area contributed by atoms with Gasteiger partial charge < -0.3 is 4.74 Å². The van der Waals surface area contributed by atoms with E-state index in [1.165, 1.54) is 16.7 Å². The first kappa shape index (κ1) is 14.1. The number of benzene rings is 1. The standard InChI is InChI=1S/C16H26O/c1-10(2)13-8-14(11(3)4)16(17-7)15(9-13)12(5)6/h8-12H,1-7H3. The van der Waals surface area contributed by atoms with Gasteiger partial charge in [0.25, 0.3) is 0 Å². The Hall–Kier alpha value is -0.980. The summed E-state index contributed by atoms with van der Waals surface area (Å²) in [5, 5.41) is 0. The second-order valence-corrected chi connectivity index (χ2v) is 5.70. The smallest absolute Gasteiger partial charge is 0.125 e. The Morgan fingerprint density at radius 1 is 0.765 bits per heavy atom. The maximum atomic E-state index is 5.63. The van der Waals surface area contributed by atoms with Crippen LogP contribution in [0.15, 0.2) is 12.1 Å². The lowest BCUT2D eigenvalue weighted by molar-refractivity contribution is 0.400. The van der Waals surface area contributed by atoms with Crippen LogP contribution in [0, 0.1) is 0 Å². The second-order valence-electron chi connectivity index (χ2n) is 5.70. The van der Waals surface area contributed by atoms with Crippen LogP contribution in [0.5, 0.6) is 5.75 Å². The van der Waals surface area contributed by atoms with Gasteiger partial charge >= 0.3 is 0 Å². The molecule has 0 bridgehead atoms. The SMILES string of the molecule is COc1c(C(C)C)cc(C(C)C)cc1C(C)C. The van der Waals surface area contributed by atoms with Gasteiger partial charge in [-0.05, 0) is 34.4 Å². The summed E-state index contributed by atoms with van der Waals surface area (Å²) in [5.74, 6) is 2.65. The Bertz CT molecular complexity index is 346. The first-order chi connectivity index (χ1) is 7.88. The molecule has 0 aliphatic carbocycles.